The van der Waals surface area contributed by atoms with Crippen LogP contribution in [0.15, 0.2) is 67.3 Å². The second-order valence-corrected chi connectivity index (χ2v) is 11.0. The van der Waals surface area contributed by atoms with Crippen LogP contribution < -0.4 is 15.4 Å². The van der Waals surface area contributed by atoms with E-state index in [1.807, 2.05) is 54.6 Å². The number of likely N-dealkylation sites (N-methyl/N-ethyl adjacent to an activating group) is 1. The summed E-state index contributed by atoms with van der Waals surface area (Å²) in [4.78, 5) is 56.2. The van der Waals surface area contributed by atoms with Crippen LogP contribution in [0.25, 0.3) is 0 Å². The highest BCUT2D eigenvalue weighted by Crippen LogP contribution is 2.29. The number of carbonyl (C=O) groups excluding carboxylic acids is 4. The molecule has 0 aromatic heterocycles. The van der Waals surface area contributed by atoms with E-state index >= 15 is 0 Å². The van der Waals surface area contributed by atoms with E-state index in [0.29, 0.717) is 19.4 Å². The van der Waals surface area contributed by atoms with Crippen LogP contribution in [0.1, 0.15) is 36.8 Å². The molecule has 0 bridgehead atoms. The quantitative estimate of drug-likeness (QED) is 0.281. The fourth-order valence-electron chi connectivity index (χ4n) is 5.64. The first kappa shape index (κ1) is 32.3. The van der Waals surface area contributed by atoms with Crippen molar-refractivity contribution in [1.82, 2.24) is 30.5 Å². The Morgan fingerprint density at radius 2 is 1.82 bits per heavy atom. The maximum absolute atomic E-state index is 13.9. The lowest BCUT2D eigenvalue weighted by molar-refractivity contribution is -0.187. The van der Waals surface area contributed by atoms with Gasteiger partial charge in [-0.1, -0.05) is 62.0 Å². The number of nitrogens with zero attached hydrogens (tertiary/aromatic N) is 4. The van der Waals surface area contributed by atoms with E-state index in [9.17, 15) is 19.2 Å². The molecule has 44 heavy (non-hydrogen) atoms. The van der Waals surface area contributed by atoms with E-state index in [1.54, 1.807) is 29.0 Å². The second-order valence-electron chi connectivity index (χ2n) is 11.0. The Hall–Kier alpha value is -4.58. The number of urea groups is 1. The van der Waals surface area contributed by atoms with E-state index in [0.717, 1.165) is 16.9 Å². The SMILES string of the molecule is C=CCOC(=O)NCCC[C@H]1C(=O)N(CC(C)c2ccccc2)C[C@H]2N1C(=O)CN(C)N2C(=O)NCc1ccc(OC)cc1. The molecule has 2 fully saturated rings. The van der Waals surface area contributed by atoms with Gasteiger partial charge in [-0.2, -0.15) is 0 Å². The summed E-state index contributed by atoms with van der Waals surface area (Å²) in [5.41, 5.74) is 1.98. The molecule has 0 aliphatic carbocycles. The predicted molar refractivity (Wildman–Crippen MR) is 164 cm³/mol. The molecule has 0 spiro atoms. The first-order valence-electron chi connectivity index (χ1n) is 14.8. The number of methoxy groups -OCH3 is 1. The average Bonchev–Trinajstić information content (AvgIpc) is 3.03. The van der Waals surface area contributed by atoms with Crippen molar-refractivity contribution >= 4 is 23.9 Å². The fraction of sp³-hybridized carbons (Fsp3) is 0.438. The third-order valence-corrected chi connectivity index (χ3v) is 7.87. The van der Waals surface area contributed by atoms with E-state index in [2.05, 4.69) is 24.1 Å². The van der Waals surface area contributed by atoms with Crippen LogP contribution in [0.2, 0.25) is 0 Å². The fourth-order valence-corrected chi connectivity index (χ4v) is 5.64. The highest BCUT2D eigenvalue weighted by molar-refractivity contribution is 5.91. The Morgan fingerprint density at radius 3 is 2.50 bits per heavy atom. The summed E-state index contributed by atoms with van der Waals surface area (Å²) in [6.07, 6.45) is 0.935. The number of nitrogens with one attached hydrogen (secondary N) is 2. The van der Waals surface area contributed by atoms with Crippen molar-refractivity contribution in [2.75, 3.05) is 46.9 Å². The molecule has 2 aliphatic rings. The molecule has 0 saturated carbocycles. The van der Waals surface area contributed by atoms with Crippen LogP contribution in [0.5, 0.6) is 5.75 Å². The highest BCUT2D eigenvalue weighted by Gasteiger charge is 2.50. The lowest BCUT2D eigenvalue weighted by atomic mass is 9.97. The van der Waals surface area contributed by atoms with Crippen molar-refractivity contribution in [3.05, 3.63) is 78.4 Å². The molecule has 4 rings (SSSR count). The van der Waals surface area contributed by atoms with Gasteiger partial charge in [0.15, 0.2) is 0 Å². The van der Waals surface area contributed by atoms with Crippen molar-refractivity contribution in [2.45, 2.75) is 44.4 Å². The van der Waals surface area contributed by atoms with E-state index in [4.69, 9.17) is 9.47 Å². The smallest absolute Gasteiger partial charge is 0.407 e. The molecule has 2 aromatic rings. The normalized spacial score (nSPS) is 19.2. The largest absolute Gasteiger partial charge is 0.497 e. The molecule has 12 heteroatoms. The standard InChI is InChI=1S/C32H42N6O6/c1-5-18-44-32(42)33-17-9-12-27-30(40)36(20-23(2)25-10-7-6-8-11-25)21-28-37(27)29(39)22-35(3)38(28)31(41)34-19-24-13-15-26(43-4)16-14-24/h5-8,10-11,13-16,23,27-28H,1,9,12,17-22H2,2-4H3,(H,33,42)(H,34,41)/t23?,27-,28-/m0/s1. The maximum atomic E-state index is 13.9. The van der Waals surface area contributed by atoms with E-state index in [-0.39, 0.29) is 56.5 Å². The number of ether oxygens (including phenoxy) is 2. The zero-order valence-electron chi connectivity index (χ0n) is 25.6. The van der Waals surface area contributed by atoms with Crippen molar-refractivity contribution < 1.29 is 28.7 Å². The van der Waals surface area contributed by atoms with Crippen LogP contribution in [0.4, 0.5) is 9.59 Å². The van der Waals surface area contributed by atoms with Gasteiger partial charge in [0.05, 0.1) is 20.2 Å². The van der Waals surface area contributed by atoms with Gasteiger partial charge in [-0.15, -0.1) is 0 Å². The molecule has 2 aliphatic heterocycles. The molecule has 5 amide bonds. The first-order chi connectivity index (χ1) is 21.2. The number of piperazine rings is 1. The number of carbonyl (C=O) groups is 4. The summed E-state index contributed by atoms with van der Waals surface area (Å²) < 4.78 is 10.2. The number of hydrogen-bond donors (Lipinski definition) is 2. The molecule has 2 heterocycles. The predicted octanol–water partition coefficient (Wildman–Crippen LogP) is 2.93. The van der Waals surface area contributed by atoms with Gasteiger partial charge >= 0.3 is 12.1 Å². The second kappa shape index (κ2) is 15.2. The number of alkyl carbamates (subject to hydrolysis) is 1. The zero-order valence-corrected chi connectivity index (χ0v) is 25.6. The summed E-state index contributed by atoms with van der Waals surface area (Å²) in [6.45, 7) is 6.75. The summed E-state index contributed by atoms with van der Waals surface area (Å²) in [5, 5.41) is 8.78. The third kappa shape index (κ3) is 7.87. The lowest BCUT2D eigenvalue weighted by Gasteiger charge is -2.54. The van der Waals surface area contributed by atoms with Gasteiger partial charge in [-0.3, -0.25) is 9.59 Å². The number of fused-ring (bicyclic) bond motifs is 1. The minimum absolute atomic E-state index is 0.0306. The number of hydrogen-bond acceptors (Lipinski definition) is 7. The number of amides is 5. The Morgan fingerprint density at radius 1 is 1.09 bits per heavy atom. The first-order valence-corrected chi connectivity index (χ1v) is 14.8. The van der Waals surface area contributed by atoms with Crippen LogP contribution in [-0.4, -0.2) is 103 Å². The van der Waals surface area contributed by atoms with Gasteiger partial charge in [-0.25, -0.2) is 19.6 Å². The van der Waals surface area contributed by atoms with Crippen molar-refractivity contribution in [1.29, 1.82) is 0 Å². The number of rotatable bonds is 12. The number of hydrazine groups is 1. The zero-order chi connectivity index (χ0) is 31.6. The van der Waals surface area contributed by atoms with E-state index < -0.39 is 18.3 Å². The topological polar surface area (TPSA) is 124 Å². The summed E-state index contributed by atoms with van der Waals surface area (Å²) in [6, 6.07) is 16.2. The van der Waals surface area contributed by atoms with Gasteiger partial charge < -0.3 is 29.9 Å². The van der Waals surface area contributed by atoms with Gasteiger partial charge in [0.1, 0.15) is 24.6 Å². The van der Waals surface area contributed by atoms with Crippen LogP contribution in [0.3, 0.4) is 0 Å². The molecular weight excluding hydrogens is 564 g/mol. The molecule has 0 radical (unpaired) electrons. The Kier molecular flexibility index (Phi) is 11.2. The Balaban J connectivity index is 1.53. The Labute approximate surface area is 258 Å². The van der Waals surface area contributed by atoms with Gasteiger partial charge in [0.25, 0.3) is 0 Å². The lowest BCUT2D eigenvalue weighted by Crippen LogP contribution is -2.76. The highest BCUT2D eigenvalue weighted by atomic mass is 16.5. The van der Waals surface area contributed by atoms with Crippen LogP contribution in [0, 0.1) is 0 Å². The molecular formula is C32H42N6O6. The van der Waals surface area contributed by atoms with Crippen LogP contribution in [-0.2, 0) is 20.9 Å². The van der Waals surface area contributed by atoms with Crippen LogP contribution >= 0.6 is 0 Å². The van der Waals surface area contributed by atoms with Gasteiger partial charge in [-0.05, 0) is 42.0 Å². The molecule has 12 nitrogen and oxygen atoms in total. The molecule has 2 saturated heterocycles. The average molecular weight is 607 g/mol. The maximum Gasteiger partial charge on any atom is 0.407 e. The number of benzene rings is 2. The van der Waals surface area contributed by atoms with E-state index in [1.165, 1.54) is 11.1 Å². The third-order valence-electron chi connectivity index (χ3n) is 7.87. The van der Waals surface area contributed by atoms with Crippen molar-refractivity contribution in [3.8, 4) is 5.75 Å². The summed E-state index contributed by atoms with van der Waals surface area (Å²) in [5.74, 6) is 0.346. The molecule has 3 atom stereocenters. The molecule has 236 valence electrons. The molecule has 2 aromatic carbocycles. The monoisotopic (exact) mass is 606 g/mol. The minimum atomic E-state index is -0.791. The summed E-state index contributed by atoms with van der Waals surface area (Å²) in [7, 11) is 3.29. The minimum Gasteiger partial charge on any atom is -0.497 e. The summed E-state index contributed by atoms with van der Waals surface area (Å²) >= 11 is 0. The molecule has 1 unspecified atom stereocenters. The van der Waals surface area contributed by atoms with Gasteiger partial charge in [0, 0.05) is 26.7 Å². The van der Waals surface area contributed by atoms with Crippen molar-refractivity contribution in [3.63, 3.8) is 0 Å². The van der Waals surface area contributed by atoms with Crippen molar-refractivity contribution in [2.24, 2.45) is 0 Å². The van der Waals surface area contributed by atoms with Gasteiger partial charge in [0.2, 0.25) is 11.8 Å². The molecule has 2 N–H and O–H groups in total. The Bertz CT molecular complexity index is 1310.